The molecule has 0 amide bonds. The van der Waals surface area contributed by atoms with Crippen molar-refractivity contribution in [3.05, 3.63) is 34.3 Å². The Kier molecular flexibility index (Phi) is 3.68. The Morgan fingerprint density at radius 3 is 2.61 bits per heavy atom. The number of nitrogens with zero attached hydrogens (tertiary/aromatic N) is 1. The smallest absolute Gasteiger partial charge is 0.129 e. The summed E-state index contributed by atoms with van der Waals surface area (Å²) in [7, 11) is 1.69. The van der Waals surface area contributed by atoms with Gasteiger partial charge in [0.1, 0.15) is 10.8 Å². The second-order valence-corrected chi connectivity index (χ2v) is 5.38. The molecule has 1 aromatic carbocycles. The zero-order chi connectivity index (χ0) is 13.3. The highest BCUT2D eigenvalue weighted by atomic mass is 32.1. The summed E-state index contributed by atoms with van der Waals surface area (Å²) < 4.78 is 5.47. The molecule has 1 heterocycles. The number of aryl methyl sites for hydroxylation is 2. The van der Waals surface area contributed by atoms with E-state index in [1.165, 1.54) is 11.1 Å². The molecule has 18 heavy (non-hydrogen) atoms. The van der Waals surface area contributed by atoms with Crippen LogP contribution in [0.25, 0.3) is 10.6 Å². The number of hydrogen-bond acceptors (Lipinski definition) is 4. The Balaban J connectivity index is 2.55. The van der Waals surface area contributed by atoms with E-state index >= 15 is 0 Å². The SMILES string of the molecule is COc1cc(C)cc(C)c1-c1nc(C(C)N)cs1. The molecular formula is C14H18N2OS. The number of hydrogen-bond donors (Lipinski definition) is 1. The highest BCUT2D eigenvalue weighted by molar-refractivity contribution is 7.13. The highest BCUT2D eigenvalue weighted by Gasteiger charge is 2.15. The van der Waals surface area contributed by atoms with Crippen molar-refractivity contribution in [2.45, 2.75) is 26.8 Å². The summed E-state index contributed by atoms with van der Waals surface area (Å²) in [6.07, 6.45) is 0. The number of ether oxygens (including phenoxy) is 1. The van der Waals surface area contributed by atoms with Crippen molar-refractivity contribution < 1.29 is 4.74 Å². The van der Waals surface area contributed by atoms with Crippen LogP contribution in [0, 0.1) is 13.8 Å². The standard InChI is InChI=1S/C14H18N2OS/c1-8-5-9(2)13(12(6-8)17-4)14-16-11(7-18-14)10(3)15/h5-7,10H,15H2,1-4H3. The molecule has 0 fully saturated rings. The van der Waals surface area contributed by atoms with Crippen molar-refractivity contribution in [3.8, 4) is 16.3 Å². The molecule has 0 aliphatic carbocycles. The van der Waals surface area contributed by atoms with Gasteiger partial charge in [-0.3, -0.25) is 0 Å². The largest absolute Gasteiger partial charge is 0.496 e. The van der Waals surface area contributed by atoms with Gasteiger partial charge in [0, 0.05) is 11.4 Å². The van der Waals surface area contributed by atoms with Crippen molar-refractivity contribution in [3.63, 3.8) is 0 Å². The third-order valence-corrected chi connectivity index (χ3v) is 3.74. The molecule has 2 N–H and O–H groups in total. The molecule has 2 aromatic rings. The second kappa shape index (κ2) is 5.08. The van der Waals surface area contributed by atoms with E-state index in [1.54, 1.807) is 18.4 Å². The molecule has 2 rings (SSSR count). The number of thiazole rings is 1. The van der Waals surface area contributed by atoms with Gasteiger partial charge in [-0.15, -0.1) is 11.3 Å². The fourth-order valence-corrected chi connectivity index (χ4v) is 3.01. The molecule has 3 nitrogen and oxygen atoms in total. The molecule has 1 aromatic heterocycles. The van der Waals surface area contributed by atoms with Crippen molar-refractivity contribution >= 4 is 11.3 Å². The van der Waals surface area contributed by atoms with Crippen LogP contribution >= 0.6 is 11.3 Å². The molecule has 0 spiro atoms. The molecule has 1 atom stereocenters. The Bertz CT molecular complexity index is 561. The van der Waals surface area contributed by atoms with Crippen molar-refractivity contribution in [2.24, 2.45) is 5.73 Å². The van der Waals surface area contributed by atoms with E-state index in [0.29, 0.717) is 0 Å². The van der Waals surface area contributed by atoms with Crippen LogP contribution < -0.4 is 10.5 Å². The Hall–Kier alpha value is -1.39. The summed E-state index contributed by atoms with van der Waals surface area (Å²) in [6.45, 7) is 6.09. The van der Waals surface area contributed by atoms with Crippen LogP contribution in [-0.4, -0.2) is 12.1 Å². The van der Waals surface area contributed by atoms with E-state index in [9.17, 15) is 0 Å². The molecule has 0 bridgehead atoms. The van der Waals surface area contributed by atoms with Crippen LogP contribution in [0.2, 0.25) is 0 Å². The van der Waals surface area contributed by atoms with Crippen LogP contribution in [0.3, 0.4) is 0 Å². The minimum atomic E-state index is -0.0354. The van der Waals surface area contributed by atoms with Gasteiger partial charge in [-0.2, -0.15) is 0 Å². The Morgan fingerprint density at radius 2 is 2.06 bits per heavy atom. The topological polar surface area (TPSA) is 48.1 Å². The van der Waals surface area contributed by atoms with Crippen LogP contribution in [-0.2, 0) is 0 Å². The molecular weight excluding hydrogens is 244 g/mol. The third-order valence-electron chi connectivity index (χ3n) is 2.87. The van der Waals surface area contributed by atoms with Gasteiger partial charge in [0.05, 0.1) is 18.4 Å². The van der Waals surface area contributed by atoms with Gasteiger partial charge < -0.3 is 10.5 Å². The first-order chi connectivity index (χ1) is 8.52. The van der Waals surface area contributed by atoms with Gasteiger partial charge in [0.25, 0.3) is 0 Å². The maximum atomic E-state index is 5.85. The van der Waals surface area contributed by atoms with E-state index < -0.39 is 0 Å². The van der Waals surface area contributed by atoms with E-state index in [0.717, 1.165) is 22.0 Å². The van der Waals surface area contributed by atoms with Gasteiger partial charge in [-0.1, -0.05) is 6.07 Å². The molecule has 0 aliphatic heterocycles. The number of benzene rings is 1. The average Bonchev–Trinajstić information content (AvgIpc) is 2.77. The van der Waals surface area contributed by atoms with Gasteiger partial charge >= 0.3 is 0 Å². The van der Waals surface area contributed by atoms with Crippen molar-refractivity contribution in [1.82, 2.24) is 4.98 Å². The number of nitrogens with two attached hydrogens (primary N) is 1. The monoisotopic (exact) mass is 262 g/mol. The quantitative estimate of drug-likeness (QED) is 0.921. The number of methoxy groups -OCH3 is 1. The second-order valence-electron chi connectivity index (χ2n) is 4.53. The summed E-state index contributed by atoms with van der Waals surface area (Å²) in [4.78, 5) is 4.59. The van der Waals surface area contributed by atoms with Gasteiger partial charge in [-0.05, 0) is 38.0 Å². The first-order valence-corrected chi connectivity index (χ1v) is 6.77. The van der Waals surface area contributed by atoms with E-state index in [1.807, 2.05) is 18.4 Å². The highest BCUT2D eigenvalue weighted by Crippen LogP contribution is 2.36. The van der Waals surface area contributed by atoms with Crippen LogP contribution in [0.5, 0.6) is 5.75 Å². The summed E-state index contributed by atoms with van der Waals surface area (Å²) in [6, 6.07) is 4.15. The lowest BCUT2D eigenvalue weighted by molar-refractivity contribution is 0.416. The molecule has 0 saturated heterocycles. The van der Waals surface area contributed by atoms with E-state index in [2.05, 4.69) is 24.9 Å². The fraction of sp³-hybridized carbons (Fsp3) is 0.357. The predicted octanol–water partition coefficient (Wildman–Crippen LogP) is 3.46. The Morgan fingerprint density at radius 1 is 1.33 bits per heavy atom. The lowest BCUT2D eigenvalue weighted by atomic mass is 10.0. The zero-order valence-corrected chi connectivity index (χ0v) is 12.0. The summed E-state index contributed by atoms with van der Waals surface area (Å²) in [5, 5.41) is 2.98. The maximum absolute atomic E-state index is 5.85. The van der Waals surface area contributed by atoms with E-state index in [-0.39, 0.29) is 6.04 Å². The van der Waals surface area contributed by atoms with Crippen LogP contribution in [0.1, 0.15) is 29.8 Å². The third kappa shape index (κ3) is 2.40. The number of rotatable bonds is 3. The zero-order valence-electron chi connectivity index (χ0n) is 11.2. The lowest BCUT2D eigenvalue weighted by Crippen LogP contribution is -2.05. The minimum absolute atomic E-state index is 0.0354. The van der Waals surface area contributed by atoms with Crippen molar-refractivity contribution in [2.75, 3.05) is 7.11 Å². The fourth-order valence-electron chi connectivity index (χ4n) is 1.97. The lowest BCUT2D eigenvalue weighted by Gasteiger charge is -2.10. The molecule has 96 valence electrons. The summed E-state index contributed by atoms with van der Waals surface area (Å²) >= 11 is 1.61. The molecule has 4 heteroatoms. The molecule has 0 aliphatic rings. The minimum Gasteiger partial charge on any atom is -0.496 e. The van der Waals surface area contributed by atoms with Gasteiger partial charge in [-0.25, -0.2) is 4.98 Å². The van der Waals surface area contributed by atoms with Crippen LogP contribution in [0.4, 0.5) is 0 Å². The van der Waals surface area contributed by atoms with E-state index in [4.69, 9.17) is 10.5 Å². The van der Waals surface area contributed by atoms with Crippen LogP contribution in [0.15, 0.2) is 17.5 Å². The summed E-state index contributed by atoms with van der Waals surface area (Å²) in [5.74, 6) is 0.873. The summed E-state index contributed by atoms with van der Waals surface area (Å²) in [5.41, 5.74) is 10.2. The molecule has 0 saturated carbocycles. The molecule has 1 unspecified atom stereocenters. The van der Waals surface area contributed by atoms with Gasteiger partial charge in [0.2, 0.25) is 0 Å². The van der Waals surface area contributed by atoms with Crippen molar-refractivity contribution in [1.29, 1.82) is 0 Å². The maximum Gasteiger partial charge on any atom is 0.129 e. The average molecular weight is 262 g/mol. The van der Waals surface area contributed by atoms with Gasteiger partial charge in [0.15, 0.2) is 0 Å². The predicted molar refractivity (Wildman–Crippen MR) is 76.2 cm³/mol. The first kappa shape index (κ1) is 13.1. The first-order valence-electron chi connectivity index (χ1n) is 5.89. The molecule has 0 radical (unpaired) electrons. The Labute approximate surface area is 112 Å². The normalized spacial score (nSPS) is 12.5. The number of aromatic nitrogens is 1.